The van der Waals surface area contributed by atoms with Crippen LogP contribution in [0.2, 0.25) is 0 Å². The maximum absolute atomic E-state index is 13.2. The normalized spacial score (nSPS) is 15.8. The SMILES string of the molecule is CC1CCCN(c2ncnc(NNC(=O)C(c3ccccc3)c3ccccc3)c2[N+](=O)[O-])C1. The van der Waals surface area contributed by atoms with Crippen molar-refractivity contribution in [3.8, 4) is 0 Å². The molecular formula is C24H26N6O3. The zero-order chi connectivity index (χ0) is 23.2. The highest BCUT2D eigenvalue weighted by Crippen LogP contribution is 2.34. The fourth-order valence-electron chi connectivity index (χ4n) is 4.22. The van der Waals surface area contributed by atoms with E-state index >= 15 is 0 Å². The molecule has 2 N–H and O–H groups in total. The van der Waals surface area contributed by atoms with Crippen molar-refractivity contribution in [1.82, 2.24) is 15.4 Å². The summed E-state index contributed by atoms with van der Waals surface area (Å²) in [6.45, 7) is 3.50. The van der Waals surface area contributed by atoms with Gasteiger partial charge in [-0.3, -0.25) is 25.8 Å². The second kappa shape index (κ2) is 10.1. The third-order valence-corrected chi connectivity index (χ3v) is 5.77. The molecule has 1 aromatic heterocycles. The van der Waals surface area contributed by atoms with Gasteiger partial charge < -0.3 is 4.90 Å². The maximum Gasteiger partial charge on any atom is 0.355 e. The smallest absolute Gasteiger partial charge is 0.350 e. The second-order valence-electron chi connectivity index (χ2n) is 8.21. The van der Waals surface area contributed by atoms with Crippen LogP contribution in [0.5, 0.6) is 0 Å². The Labute approximate surface area is 192 Å². The lowest BCUT2D eigenvalue weighted by Crippen LogP contribution is -2.37. The molecule has 1 fully saturated rings. The maximum atomic E-state index is 13.2. The Morgan fingerprint density at radius 3 is 2.30 bits per heavy atom. The molecule has 1 aliphatic heterocycles. The summed E-state index contributed by atoms with van der Waals surface area (Å²) in [5, 5.41) is 11.9. The molecule has 1 atom stereocenters. The summed E-state index contributed by atoms with van der Waals surface area (Å²) in [7, 11) is 0. The summed E-state index contributed by atoms with van der Waals surface area (Å²) in [6.07, 6.45) is 3.30. The van der Waals surface area contributed by atoms with Crippen molar-refractivity contribution < 1.29 is 9.72 Å². The van der Waals surface area contributed by atoms with Crippen molar-refractivity contribution in [2.45, 2.75) is 25.7 Å². The van der Waals surface area contributed by atoms with Gasteiger partial charge in [0.1, 0.15) is 6.33 Å². The number of hydrogen-bond donors (Lipinski definition) is 2. The predicted molar refractivity (Wildman–Crippen MR) is 126 cm³/mol. The van der Waals surface area contributed by atoms with Crippen molar-refractivity contribution in [3.05, 3.63) is 88.2 Å². The van der Waals surface area contributed by atoms with Gasteiger partial charge in [-0.1, -0.05) is 67.6 Å². The van der Waals surface area contributed by atoms with E-state index in [1.165, 1.54) is 6.33 Å². The fourth-order valence-corrected chi connectivity index (χ4v) is 4.22. The number of amides is 1. The van der Waals surface area contributed by atoms with E-state index in [-0.39, 0.29) is 23.2 Å². The zero-order valence-electron chi connectivity index (χ0n) is 18.3. The molecule has 1 aliphatic rings. The molecular weight excluding hydrogens is 420 g/mol. The summed E-state index contributed by atoms with van der Waals surface area (Å²) < 4.78 is 0. The molecule has 0 bridgehead atoms. The Morgan fingerprint density at radius 2 is 1.73 bits per heavy atom. The van der Waals surface area contributed by atoms with Gasteiger partial charge in [0.25, 0.3) is 0 Å². The standard InChI is InChI=1S/C24H26N6O3/c1-17-9-8-14-29(15-17)23-21(30(32)33)22(25-16-26-23)27-28-24(31)20(18-10-4-2-5-11-18)19-12-6-3-7-13-19/h2-7,10-13,16-17,20H,8-9,14-15H2,1H3,(H,28,31)(H,25,26,27). The lowest BCUT2D eigenvalue weighted by atomic mass is 9.91. The number of carbonyl (C=O) groups is 1. The molecule has 1 amide bonds. The van der Waals surface area contributed by atoms with Gasteiger partial charge in [0.2, 0.25) is 17.5 Å². The molecule has 1 unspecified atom stereocenters. The first-order chi connectivity index (χ1) is 16.0. The predicted octanol–water partition coefficient (Wildman–Crippen LogP) is 3.90. The first-order valence-electron chi connectivity index (χ1n) is 10.9. The van der Waals surface area contributed by atoms with E-state index in [1.54, 1.807) is 0 Å². The number of benzene rings is 2. The Balaban J connectivity index is 1.59. The monoisotopic (exact) mass is 446 g/mol. The van der Waals surface area contributed by atoms with Crippen molar-refractivity contribution in [2.24, 2.45) is 5.92 Å². The number of nitro groups is 1. The third-order valence-electron chi connectivity index (χ3n) is 5.77. The minimum atomic E-state index is -0.594. The van der Waals surface area contributed by atoms with Crippen molar-refractivity contribution >= 4 is 23.2 Å². The molecule has 0 spiro atoms. The van der Waals surface area contributed by atoms with E-state index in [0.717, 1.165) is 24.0 Å². The van der Waals surface area contributed by atoms with Gasteiger partial charge in [-0.2, -0.15) is 0 Å². The highest BCUT2D eigenvalue weighted by atomic mass is 16.6. The van der Waals surface area contributed by atoms with Crippen LogP contribution in [0.25, 0.3) is 0 Å². The number of hydrazine groups is 1. The lowest BCUT2D eigenvalue weighted by molar-refractivity contribution is -0.383. The van der Waals surface area contributed by atoms with Gasteiger partial charge >= 0.3 is 5.69 Å². The van der Waals surface area contributed by atoms with Gasteiger partial charge in [0.05, 0.1) is 10.8 Å². The summed E-state index contributed by atoms with van der Waals surface area (Å²) >= 11 is 0. The molecule has 1 saturated heterocycles. The largest absolute Gasteiger partial charge is 0.355 e. The van der Waals surface area contributed by atoms with Crippen LogP contribution in [0.15, 0.2) is 67.0 Å². The molecule has 9 heteroatoms. The van der Waals surface area contributed by atoms with E-state index in [1.807, 2.05) is 65.6 Å². The van der Waals surface area contributed by atoms with E-state index in [9.17, 15) is 14.9 Å². The molecule has 4 rings (SSSR count). The Morgan fingerprint density at radius 1 is 1.09 bits per heavy atom. The number of rotatable bonds is 7. The summed E-state index contributed by atoms with van der Waals surface area (Å²) in [4.78, 5) is 34.8. The number of anilines is 2. The van der Waals surface area contributed by atoms with Gasteiger partial charge in [-0.05, 0) is 29.9 Å². The molecule has 170 valence electrons. The van der Waals surface area contributed by atoms with Crippen LogP contribution in [0.1, 0.15) is 36.8 Å². The average molecular weight is 447 g/mol. The average Bonchev–Trinajstić information content (AvgIpc) is 2.84. The minimum absolute atomic E-state index is 0.0450. The summed E-state index contributed by atoms with van der Waals surface area (Å²) in [5.41, 5.74) is 6.68. The van der Waals surface area contributed by atoms with Crippen LogP contribution < -0.4 is 15.8 Å². The zero-order valence-corrected chi connectivity index (χ0v) is 18.3. The molecule has 0 saturated carbocycles. The van der Waals surface area contributed by atoms with Crippen LogP contribution in [0, 0.1) is 16.0 Å². The van der Waals surface area contributed by atoms with E-state index in [0.29, 0.717) is 19.0 Å². The molecule has 33 heavy (non-hydrogen) atoms. The van der Waals surface area contributed by atoms with Gasteiger partial charge in [0.15, 0.2) is 0 Å². The van der Waals surface area contributed by atoms with Gasteiger partial charge in [0, 0.05) is 13.1 Å². The fraction of sp³-hybridized carbons (Fsp3) is 0.292. The van der Waals surface area contributed by atoms with Crippen LogP contribution in [0.4, 0.5) is 17.3 Å². The minimum Gasteiger partial charge on any atom is -0.350 e. The van der Waals surface area contributed by atoms with Crippen molar-refractivity contribution in [1.29, 1.82) is 0 Å². The van der Waals surface area contributed by atoms with Crippen LogP contribution in [0.3, 0.4) is 0 Å². The number of nitrogens with one attached hydrogen (secondary N) is 2. The molecule has 3 aromatic rings. The second-order valence-corrected chi connectivity index (χ2v) is 8.21. The van der Waals surface area contributed by atoms with E-state index < -0.39 is 10.8 Å². The first-order valence-corrected chi connectivity index (χ1v) is 10.9. The highest BCUT2D eigenvalue weighted by Gasteiger charge is 2.30. The third kappa shape index (κ3) is 5.08. The molecule has 2 heterocycles. The van der Waals surface area contributed by atoms with Gasteiger partial charge in [-0.15, -0.1) is 0 Å². The van der Waals surface area contributed by atoms with Crippen LogP contribution in [-0.4, -0.2) is 33.9 Å². The summed E-state index contributed by atoms with van der Waals surface area (Å²) in [5.74, 6) is -0.309. The van der Waals surface area contributed by atoms with Crippen LogP contribution in [-0.2, 0) is 4.79 Å². The van der Waals surface area contributed by atoms with E-state index in [2.05, 4.69) is 27.7 Å². The molecule has 0 aliphatic carbocycles. The Hall–Kier alpha value is -4.01. The Bertz CT molecular complexity index is 1070. The number of piperidine rings is 1. The molecule has 2 aromatic carbocycles. The lowest BCUT2D eigenvalue weighted by Gasteiger charge is -2.31. The number of carbonyl (C=O) groups excluding carboxylic acids is 1. The highest BCUT2D eigenvalue weighted by molar-refractivity contribution is 5.88. The molecule has 9 nitrogen and oxygen atoms in total. The molecule has 0 radical (unpaired) electrons. The Kier molecular flexibility index (Phi) is 6.77. The van der Waals surface area contributed by atoms with Crippen molar-refractivity contribution in [2.75, 3.05) is 23.4 Å². The van der Waals surface area contributed by atoms with E-state index in [4.69, 9.17) is 0 Å². The topological polar surface area (TPSA) is 113 Å². The number of hydrogen-bond acceptors (Lipinski definition) is 7. The van der Waals surface area contributed by atoms with Crippen LogP contribution >= 0.6 is 0 Å². The number of aromatic nitrogens is 2. The quantitative estimate of drug-likeness (QED) is 0.418. The first kappa shape index (κ1) is 22.2. The van der Waals surface area contributed by atoms with Crippen molar-refractivity contribution in [3.63, 3.8) is 0 Å². The summed E-state index contributed by atoms with van der Waals surface area (Å²) in [6, 6.07) is 18.7. The number of nitrogens with zero attached hydrogens (tertiary/aromatic N) is 4. The van der Waals surface area contributed by atoms with Gasteiger partial charge in [-0.25, -0.2) is 9.97 Å².